The van der Waals surface area contributed by atoms with Gasteiger partial charge < -0.3 is 4.74 Å². The molecule has 0 aliphatic heterocycles. The number of thiophene rings is 1. The van der Waals surface area contributed by atoms with Gasteiger partial charge in [0.2, 0.25) is 0 Å². The number of fused-ring (bicyclic) bond motifs is 1. The largest absolute Gasteiger partial charge is 0.374 e. The predicted octanol–water partition coefficient (Wildman–Crippen LogP) is 3.46. The fourth-order valence-electron chi connectivity index (χ4n) is 2.45. The van der Waals surface area contributed by atoms with E-state index in [1.54, 1.807) is 0 Å². The van der Waals surface area contributed by atoms with E-state index >= 15 is 0 Å². The van der Waals surface area contributed by atoms with Crippen molar-refractivity contribution >= 4 is 27.3 Å². The number of rotatable bonds is 6. The van der Waals surface area contributed by atoms with Crippen LogP contribution in [-0.2, 0) is 11.3 Å². The maximum Gasteiger partial charge on any atom is 0.275 e. The first-order valence-electron chi connectivity index (χ1n) is 7.15. The van der Waals surface area contributed by atoms with Crippen LogP contribution in [0, 0.1) is 5.92 Å². The van der Waals surface area contributed by atoms with Crippen molar-refractivity contribution in [2.75, 3.05) is 0 Å². The van der Waals surface area contributed by atoms with E-state index in [-0.39, 0.29) is 12.0 Å². The van der Waals surface area contributed by atoms with Crippen molar-refractivity contribution in [3.63, 3.8) is 0 Å². The Balaban J connectivity index is 2.26. The van der Waals surface area contributed by atoms with Crippen LogP contribution < -0.4 is 11.3 Å². The van der Waals surface area contributed by atoms with E-state index in [1.165, 1.54) is 11.3 Å². The molecule has 0 bridgehead atoms. The van der Waals surface area contributed by atoms with E-state index < -0.39 is 0 Å². The van der Waals surface area contributed by atoms with Crippen molar-refractivity contribution in [3.05, 3.63) is 34.7 Å². The lowest BCUT2D eigenvalue weighted by Gasteiger charge is -2.15. The summed E-state index contributed by atoms with van der Waals surface area (Å²) in [6, 6.07) is 7.97. The van der Waals surface area contributed by atoms with Gasteiger partial charge >= 0.3 is 0 Å². The van der Waals surface area contributed by atoms with Crippen molar-refractivity contribution in [2.24, 2.45) is 11.8 Å². The molecule has 3 N–H and O–H groups in total. The lowest BCUT2D eigenvalue weighted by Crippen LogP contribution is -2.30. The summed E-state index contributed by atoms with van der Waals surface area (Å²) in [6.07, 6.45) is 1.16. The number of carbonyl (C=O) groups is 1. The maximum atomic E-state index is 11.9. The number of hydrogen-bond acceptors (Lipinski definition) is 4. The average molecular weight is 306 g/mol. The summed E-state index contributed by atoms with van der Waals surface area (Å²) in [6.45, 7) is 6.85. The van der Waals surface area contributed by atoms with E-state index in [2.05, 4.69) is 26.2 Å². The number of nitrogens with one attached hydrogen (secondary N) is 1. The van der Waals surface area contributed by atoms with Crippen LogP contribution in [0.1, 0.15) is 42.4 Å². The molecule has 0 fully saturated rings. The Morgan fingerprint density at radius 3 is 2.71 bits per heavy atom. The molecule has 4 nitrogen and oxygen atoms in total. The molecule has 1 heterocycles. The zero-order valence-electron chi connectivity index (χ0n) is 12.7. The Hall–Kier alpha value is -1.43. The Morgan fingerprint density at radius 2 is 2.05 bits per heavy atom. The lowest BCUT2D eigenvalue weighted by molar-refractivity contribution is 0.0399. The summed E-state index contributed by atoms with van der Waals surface area (Å²) in [7, 11) is 0. The number of nitrogen functional groups attached to an aromatic ring is 1. The first kappa shape index (κ1) is 15.9. The number of ether oxygens (including phenoxy) is 1. The molecule has 0 aliphatic rings. The second-order valence-corrected chi connectivity index (χ2v) is 6.68. The van der Waals surface area contributed by atoms with Crippen LogP contribution in [0.3, 0.4) is 0 Å². The van der Waals surface area contributed by atoms with Crippen molar-refractivity contribution in [1.82, 2.24) is 5.43 Å². The van der Waals surface area contributed by atoms with Crippen LogP contribution in [0.25, 0.3) is 10.1 Å². The van der Waals surface area contributed by atoms with E-state index in [4.69, 9.17) is 10.6 Å². The van der Waals surface area contributed by atoms with Gasteiger partial charge in [-0.2, -0.15) is 0 Å². The van der Waals surface area contributed by atoms with Gasteiger partial charge in [0.15, 0.2) is 0 Å². The number of amides is 1. The SMILES string of the molecule is CC(C)CC(C)OCc1c(C(=O)NN)sc2ccccc12. The molecule has 1 unspecified atom stereocenters. The summed E-state index contributed by atoms with van der Waals surface area (Å²) >= 11 is 1.45. The van der Waals surface area contributed by atoms with E-state index in [1.807, 2.05) is 24.3 Å². The topological polar surface area (TPSA) is 64.3 Å². The Labute approximate surface area is 129 Å². The molecule has 0 aliphatic carbocycles. The van der Waals surface area contributed by atoms with Crippen LogP contribution in [0.4, 0.5) is 0 Å². The predicted molar refractivity (Wildman–Crippen MR) is 87.2 cm³/mol. The molecule has 1 atom stereocenters. The third kappa shape index (κ3) is 3.81. The quantitative estimate of drug-likeness (QED) is 0.488. The zero-order valence-corrected chi connectivity index (χ0v) is 13.5. The highest BCUT2D eigenvalue weighted by molar-refractivity contribution is 7.21. The van der Waals surface area contributed by atoms with Gasteiger partial charge in [-0.15, -0.1) is 11.3 Å². The molecule has 0 radical (unpaired) electrons. The number of benzene rings is 1. The second-order valence-electron chi connectivity index (χ2n) is 5.63. The fourth-order valence-corrected chi connectivity index (χ4v) is 3.56. The summed E-state index contributed by atoms with van der Waals surface area (Å²) in [5.41, 5.74) is 3.14. The highest BCUT2D eigenvalue weighted by Crippen LogP contribution is 2.32. The van der Waals surface area contributed by atoms with Crippen LogP contribution in [0.15, 0.2) is 24.3 Å². The van der Waals surface area contributed by atoms with Gasteiger partial charge in [0, 0.05) is 10.3 Å². The third-order valence-corrected chi connectivity index (χ3v) is 4.56. The zero-order chi connectivity index (χ0) is 15.4. The number of nitrogens with two attached hydrogens (primary N) is 1. The number of carbonyl (C=O) groups excluding carboxylic acids is 1. The fraction of sp³-hybridized carbons (Fsp3) is 0.438. The average Bonchev–Trinajstić information content (AvgIpc) is 2.82. The third-order valence-electron chi connectivity index (χ3n) is 3.35. The first-order valence-corrected chi connectivity index (χ1v) is 7.97. The lowest BCUT2D eigenvalue weighted by atomic mass is 10.1. The molecule has 1 amide bonds. The van der Waals surface area contributed by atoms with Crippen LogP contribution in [0.2, 0.25) is 0 Å². The van der Waals surface area contributed by atoms with E-state index in [0.717, 1.165) is 22.1 Å². The minimum Gasteiger partial charge on any atom is -0.374 e. The molecule has 21 heavy (non-hydrogen) atoms. The molecule has 2 rings (SSSR count). The van der Waals surface area contributed by atoms with Crippen molar-refractivity contribution in [3.8, 4) is 0 Å². The van der Waals surface area contributed by atoms with Crippen molar-refractivity contribution in [1.29, 1.82) is 0 Å². The van der Waals surface area contributed by atoms with Crippen LogP contribution in [0.5, 0.6) is 0 Å². The highest BCUT2D eigenvalue weighted by atomic mass is 32.1. The minimum absolute atomic E-state index is 0.164. The van der Waals surface area contributed by atoms with Crippen molar-refractivity contribution < 1.29 is 9.53 Å². The van der Waals surface area contributed by atoms with Gasteiger partial charge in [-0.25, -0.2) is 5.84 Å². The molecule has 0 spiro atoms. The monoisotopic (exact) mass is 306 g/mol. The molecular formula is C16H22N2O2S. The first-order chi connectivity index (χ1) is 10.0. The molecule has 5 heteroatoms. The van der Waals surface area contributed by atoms with Crippen LogP contribution in [-0.4, -0.2) is 12.0 Å². The summed E-state index contributed by atoms with van der Waals surface area (Å²) in [4.78, 5) is 12.6. The maximum absolute atomic E-state index is 11.9. The minimum atomic E-state index is -0.258. The Morgan fingerprint density at radius 1 is 1.33 bits per heavy atom. The Kier molecular flexibility index (Phi) is 5.33. The van der Waals surface area contributed by atoms with Gasteiger partial charge in [-0.1, -0.05) is 32.0 Å². The number of hydrogen-bond donors (Lipinski definition) is 2. The van der Waals surface area contributed by atoms with Gasteiger partial charge in [-0.05, 0) is 30.7 Å². The molecule has 0 saturated heterocycles. The van der Waals surface area contributed by atoms with Gasteiger partial charge in [0.05, 0.1) is 17.6 Å². The van der Waals surface area contributed by atoms with E-state index in [9.17, 15) is 4.79 Å². The standard InChI is InChI=1S/C16H22N2O2S/c1-10(2)8-11(3)20-9-13-12-6-4-5-7-14(12)21-15(13)16(19)18-17/h4-7,10-11H,8-9,17H2,1-3H3,(H,18,19). The highest BCUT2D eigenvalue weighted by Gasteiger charge is 2.18. The summed E-state index contributed by atoms with van der Waals surface area (Å²) in [5, 5.41) is 1.07. The molecular weight excluding hydrogens is 284 g/mol. The molecule has 1 aromatic carbocycles. The summed E-state index contributed by atoms with van der Waals surface area (Å²) in [5.74, 6) is 5.61. The molecule has 114 valence electrons. The Bertz CT molecular complexity index is 622. The van der Waals surface area contributed by atoms with Gasteiger partial charge in [0.1, 0.15) is 0 Å². The normalized spacial score (nSPS) is 12.8. The van der Waals surface area contributed by atoms with Gasteiger partial charge in [0.25, 0.3) is 5.91 Å². The van der Waals surface area contributed by atoms with Crippen molar-refractivity contribution in [2.45, 2.75) is 39.9 Å². The summed E-state index contributed by atoms with van der Waals surface area (Å²) < 4.78 is 7.00. The molecule has 1 aromatic heterocycles. The van der Waals surface area contributed by atoms with Crippen LogP contribution >= 0.6 is 11.3 Å². The molecule has 2 aromatic rings. The van der Waals surface area contributed by atoms with E-state index in [0.29, 0.717) is 17.4 Å². The molecule has 0 saturated carbocycles. The second kappa shape index (κ2) is 7.02. The smallest absolute Gasteiger partial charge is 0.275 e. The number of hydrazine groups is 1. The van der Waals surface area contributed by atoms with Gasteiger partial charge in [-0.3, -0.25) is 10.2 Å².